The Morgan fingerprint density at radius 1 is 1.57 bits per heavy atom. The van der Waals surface area contributed by atoms with Crippen molar-refractivity contribution in [2.75, 3.05) is 13.1 Å². The average molecular weight is 195 g/mol. The fourth-order valence-electron chi connectivity index (χ4n) is 2.80. The third-order valence-corrected chi connectivity index (χ3v) is 3.49. The zero-order valence-electron chi connectivity index (χ0n) is 9.08. The Bertz CT molecular complexity index is 224. The molecule has 0 saturated carbocycles. The standard InChI is InChI=1S/C12H21NO/c1-2-5-12(14)10-6-3-8-13-9-4-7-11(10)13/h6,11-12,14H,2-5,7-9H2,1H3. The number of fused-ring (bicyclic) bond motifs is 1. The maximum atomic E-state index is 10.0. The van der Waals surface area contributed by atoms with Crippen LogP contribution < -0.4 is 0 Å². The van der Waals surface area contributed by atoms with Crippen LogP contribution in [0.15, 0.2) is 11.6 Å². The second-order valence-corrected chi connectivity index (χ2v) is 4.49. The van der Waals surface area contributed by atoms with E-state index in [0.29, 0.717) is 6.04 Å². The first-order valence-electron chi connectivity index (χ1n) is 5.95. The van der Waals surface area contributed by atoms with Crippen LogP contribution in [0.4, 0.5) is 0 Å². The molecular formula is C12H21NO. The Labute approximate surface area is 86.6 Å². The molecule has 0 bridgehead atoms. The Hall–Kier alpha value is -0.340. The number of rotatable bonds is 3. The van der Waals surface area contributed by atoms with Crippen LogP contribution in [0.2, 0.25) is 0 Å². The van der Waals surface area contributed by atoms with Gasteiger partial charge in [-0.3, -0.25) is 4.90 Å². The quantitative estimate of drug-likeness (QED) is 0.696. The lowest BCUT2D eigenvalue weighted by Crippen LogP contribution is -2.38. The summed E-state index contributed by atoms with van der Waals surface area (Å²) in [4.78, 5) is 2.54. The van der Waals surface area contributed by atoms with Crippen molar-refractivity contribution >= 4 is 0 Å². The highest BCUT2D eigenvalue weighted by atomic mass is 16.3. The molecule has 2 unspecified atom stereocenters. The number of nitrogens with zero attached hydrogens (tertiary/aromatic N) is 1. The van der Waals surface area contributed by atoms with Gasteiger partial charge in [0.25, 0.3) is 0 Å². The molecule has 0 amide bonds. The van der Waals surface area contributed by atoms with E-state index in [9.17, 15) is 5.11 Å². The predicted molar refractivity (Wildman–Crippen MR) is 58.2 cm³/mol. The van der Waals surface area contributed by atoms with Crippen molar-refractivity contribution < 1.29 is 5.11 Å². The SMILES string of the molecule is CCCC(O)C1=CCCN2CCCC12. The van der Waals surface area contributed by atoms with Gasteiger partial charge in [0.1, 0.15) is 0 Å². The molecule has 0 aromatic rings. The monoisotopic (exact) mass is 195 g/mol. The molecule has 1 N–H and O–H groups in total. The molecule has 80 valence electrons. The van der Waals surface area contributed by atoms with E-state index in [-0.39, 0.29) is 6.10 Å². The highest BCUT2D eigenvalue weighted by molar-refractivity contribution is 5.20. The van der Waals surface area contributed by atoms with Gasteiger partial charge in [0, 0.05) is 12.6 Å². The van der Waals surface area contributed by atoms with Crippen molar-refractivity contribution in [3.8, 4) is 0 Å². The lowest BCUT2D eigenvalue weighted by atomic mass is 9.93. The van der Waals surface area contributed by atoms with Gasteiger partial charge in [0.15, 0.2) is 0 Å². The van der Waals surface area contributed by atoms with Gasteiger partial charge in [-0.05, 0) is 37.8 Å². The summed E-state index contributed by atoms with van der Waals surface area (Å²) >= 11 is 0. The summed E-state index contributed by atoms with van der Waals surface area (Å²) in [6.45, 7) is 4.58. The first-order chi connectivity index (χ1) is 6.83. The normalized spacial score (nSPS) is 29.9. The van der Waals surface area contributed by atoms with Crippen molar-refractivity contribution in [3.63, 3.8) is 0 Å². The third-order valence-electron chi connectivity index (χ3n) is 3.49. The molecule has 0 radical (unpaired) electrons. The van der Waals surface area contributed by atoms with Gasteiger partial charge >= 0.3 is 0 Å². The Balaban J connectivity index is 2.05. The maximum Gasteiger partial charge on any atom is 0.0765 e. The summed E-state index contributed by atoms with van der Waals surface area (Å²) in [6.07, 6.45) is 7.81. The topological polar surface area (TPSA) is 23.5 Å². The van der Waals surface area contributed by atoms with Gasteiger partial charge < -0.3 is 5.11 Å². The number of hydrogen-bond acceptors (Lipinski definition) is 2. The molecule has 0 aliphatic carbocycles. The zero-order valence-corrected chi connectivity index (χ0v) is 9.08. The highest BCUT2D eigenvalue weighted by Gasteiger charge is 2.32. The van der Waals surface area contributed by atoms with E-state index in [0.717, 1.165) is 19.3 Å². The van der Waals surface area contributed by atoms with Crippen molar-refractivity contribution in [2.24, 2.45) is 0 Å². The smallest absolute Gasteiger partial charge is 0.0765 e. The van der Waals surface area contributed by atoms with E-state index in [2.05, 4.69) is 17.9 Å². The Morgan fingerprint density at radius 3 is 3.21 bits per heavy atom. The highest BCUT2D eigenvalue weighted by Crippen LogP contribution is 2.30. The summed E-state index contributed by atoms with van der Waals surface area (Å²) in [5, 5.41) is 10.0. The molecule has 2 atom stereocenters. The predicted octanol–water partition coefficient (Wildman–Crippen LogP) is 1.94. The number of aliphatic hydroxyl groups is 1. The molecular weight excluding hydrogens is 174 g/mol. The van der Waals surface area contributed by atoms with Gasteiger partial charge in [0.05, 0.1) is 6.10 Å². The van der Waals surface area contributed by atoms with Crippen molar-refractivity contribution in [1.82, 2.24) is 4.90 Å². The van der Waals surface area contributed by atoms with Crippen LogP contribution in [0, 0.1) is 0 Å². The Morgan fingerprint density at radius 2 is 2.43 bits per heavy atom. The second-order valence-electron chi connectivity index (χ2n) is 4.49. The van der Waals surface area contributed by atoms with E-state index >= 15 is 0 Å². The molecule has 2 nitrogen and oxygen atoms in total. The van der Waals surface area contributed by atoms with Gasteiger partial charge in [-0.25, -0.2) is 0 Å². The summed E-state index contributed by atoms with van der Waals surface area (Å²) < 4.78 is 0. The first kappa shape index (κ1) is 10.2. The average Bonchev–Trinajstić information content (AvgIpc) is 2.65. The summed E-state index contributed by atoms with van der Waals surface area (Å²) in [6, 6.07) is 0.574. The van der Waals surface area contributed by atoms with Crippen LogP contribution >= 0.6 is 0 Å². The van der Waals surface area contributed by atoms with Crippen LogP contribution in [0.25, 0.3) is 0 Å². The molecule has 2 heteroatoms. The molecule has 0 aromatic carbocycles. The molecule has 2 aliphatic rings. The Kier molecular flexibility index (Phi) is 3.24. The summed E-state index contributed by atoms with van der Waals surface area (Å²) in [7, 11) is 0. The molecule has 2 aliphatic heterocycles. The third kappa shape index (κ3) is 1.86. The van der Waals surface area contributed by atoms with E-state index in [1.54, 1.807) is 0 Å². The van der Waals surface area contributed by atoms with E-state index in [1.807, 2.05) is 0 Å². The minimum Gasteiger partial charge on any atom is -0.389 e. The second kappa shape index (κ2) is 4.45. The van der Waals surface area contributed by atoms with E-state index in [4.69, 9.17) is 0 Å². The van der Waals surface area contributed by atoms with Crippen molar-refractivity contribution in [2.45, 2.75) is 51.2 Å². The van der Waals surface area contributed by atoms with Crippen molar-refractivity contribution in [3.05, 3.63) is 11.6 Å². The fourth-order valence-corrected chi connectivity index (χ4v) is 2.80. The van der Waals surface area contributed by atoms with Crippen LogP contribution in [0.1, 0.15) is 39.0 Å². The van der Waals surface area contributed by atoms with Crippen LogP contribution in [0.3, 0.4) is 0 Å². The lowest BCUT2D eigenvalue weighted by Gasteiger charge is -2.32. The van der Waals surface area contributed by atoms with Gasteiger partial charge in [-0.2, -0.15) is 0 Å². The molecule has 2 heterocycles. The van der Waals surface area contributed by atoms with Gasteiger partial charge in [-0.15, -0.1) is 0 Å². The number of hydrogen-bond donors (Lipinski definition) is 1. The maximum absolute atomic E-state index is 10.0. The van der Waals surface area contributed by atoms with Gasteiger partial charge in [0.2, 0.25) is 0 Å². The summed E-state index contributed by atoms with van der Waals surface area (Å²) in [5.74, 6) is 0. The fraction of sp³-hybridized carbons (Fsp3) is 0.833. The minimum absolute atomic E-state index is 0.175. The van der Waals surface area contributed by atoms with Crippen molar-refractivity contribution in [1.29, 1.82) is 0 Å². The minimum atomic E-state index is -0.175. The zero-order chi connectivity index (χ0) is 9.97. The molecule has 14 heavy (non-hydrogen) atoms. The lowest BCUT2D eigenvalue weighted by molar-refractivity contribution is 0.162. The molecule has 0 aromatic heterocycles. The largest absolute Gasteiger partial charge is 0.389 e. The first-order valence-corrected chi connectivity index (χ1v) is 5.95. The van der Waals surface area contributed by atoms with Crippen LogP contribution in [0.5, 0.6) is 0 Å². The summed E-state index contributed by atoms with van der Waals surface area (Å²) in [5.41, 5.74) is 1.32. The van der Waals surface area contributed by atoms with Crippen LogP contribution in [-0.4, -0.2) is 35.2 Å². The molecule has 2 rings (SSSR count). The molecule has 0 spiro atoms. The van der Waals surface area contributed by atoms with E-state index in [1.165, 1.54) is 31.5 Å². The van der Waals surface area contributed by atoms with Crippen LogP contribution in [-0.2, 0) is 0 Å². The van der Waals surface area contributed by atoms with Gasteiger partial charge in [-0.1, -0.05) is 19.4 Å². The molecule has 1 fully saturated rings. The number of aliphatic hydroxyl groups excluding tert-OH is 1. The van der Waals surface area contributed by atoms with E-state index < -0.39 is 0 Å². The molecule has 1 saturated heterocycles.